The molecule has 1 unspecified atom stereocenters. The maximum atomic E-state index is 11.2. The van der Waals surface area contributed by atoms with E-state index >= 15 is 0 Å². The molecule has 1 heterocycles. The number of aliphatic hydroxyl groups is 1. The summed E-state index contributed by atoms with van der Waals surface area (Å²) in [5.74, 6) is 0.0574. The van der Waals surface area contributed by atoms with Gasteiger partial charge in [-0.05, 0) is 18.2 Å². The van der Waals surface area contributed by atoms with Crippen LogP contribution in [0.25, 0.3) is 0 Å². The summed E-state index contributed by atoms with van der Waals surface area (Å²) >= 11 is 3.22. The first-order valence-electron chi connectivity index (χ1n) is 3.37. The summed E-state index contributed by atoms with van der Waals surface area (Å²) in [7, 11) is 0. The molecule has 0 aromatic heterocycles. The third kappa shape index (κ3) is 1.04. The Labute approximate surface area is 77.1 Å². The van der Waals surface area contributed by atoms with Crippen molar-refractivity contribution in [2.45, 2.75) is 6.29 Å². The number of ether oxygens (including phenoxy) is 1. The second-order valence-corrected chi connectivity index (χ2v) is 3.39. The summed E-state index contributed by atoms with van der Waals surface area (Å²) in [6.45, 7) is 0. The Morgan fingerprint density at radius 3 is 3.00 bits per heavy atom. The van der Waals surface area contributed by atoms with E-state index in [-0.39, 0.29) is 5.78 Å². The van der Waals surface area contributed by atoms with Gasteiger partial charge < -0.3 is 9.84 Å². The van der Waals surface area contributed by atoms with Crippen LogP contribution in [0.2, 0.25) is 0 Å². The summed E-state index contributed by atoms with van der Waals surface area (Å²) in [4.78, 5) is 11.2. The largest absolute Gasteiger partial charge is 0.456 e. The lowest BCUT2D eigenvalue weighted by Crippen LogP contribution is -2.18. The van der Waals surface area contributed by atoms with E-state index in [1.807, 2.05) is 0 Å². The van der Waals surface area contributed by atoms with Crippen molar-refractivity contribution in [2.75, 3.05) is 0 Å². The summed E-state index contributed by atoms with van der Waals surface area (Å²) < 4.78 is 5.66. The highest BCUT2D eigenvalue weighted by Crippen LogP contribution is 2.30. The van der Waals surface area contributed by atoms with Gasteiger partial charge in [0, 0.05) is 4.47 Å². The van der Waals surface area contributed by atoms with Crippen LogP contribution in [0.15, 0.2) is 22.7 Å². The van der Waals surface area contributed by atoms with Crippen molar-refractivity contribution in [3.63, 3.8) is 0 Å². The molecule has 62 valence electrons. The quantitative estimate of drug-likeness (QED) is 0.730. The number of hydrogen-bond donors (Lipinski definition) is 1. The molecule has 0 saturated heterocycles. The average Bonchev–Trinajstić information content (AvgIpc) is 2.31. The van der Waals surface area contributed by atoms with Gasteiger partial charge in [0.1, 0.15) is 5.75 Å². The molecule has 2 rings (SSSR count). The second-order valence-electron chi connectivity index (χ2n) is 2.47. The molecule has 0 saturated carbocycles. The third-order valence-electron chi connectivity index (χ3n) is 1.67. The van der Waals surface area contributed by atoms with E-state index in [0.717, 1.165) is 4.47 Å². The van der Waals surface area contributed by atoms with Crippen molar-refractivity contribution in [2.24, 2.45) is 0 Å². The highest BCUT2D eigenvalue weighted by molar-refractivity contribution is 9.10. The van der Waals surface area contributed by atoms with Gasteiger partial charge in [-0.3, -0.25) is 4.79 Å². The zero-order chi connectivity index (χ0) is 8.72. The number of benzene rings is 1. The minimum atomic E-state index is -1.32. The predicted octanol–water partition coefficient (Wildman–Crippen LogP) is 1.34. The van der Waals surface area contributed by atoms with Crippen molar-refractivity contribution in [1.82, 2.24) is 0 Å². The van der Waals surface area contributed by atoms with Crippen molar-refractivity contribution < 1.29 is 14.6 Å². The highest BCUT2D eigenvalue weighted by atomic mass is 79.9. The normalized spacial score (nSPS) is 20.5. The summed E-state index contributed by atoms with van der Waals surface area (Å²) in [6, 6.07) is 5.03. The fourth-order valence-corrected chi connectivity index (χ4v) is 1.47. The van der Waals surface area contributed by atoms with Gasteiger partial charge in [0.15, 0.2) is 0 Å². The first kappa shape index (κ1) is 7.76. The number of hydrogen-bond acceptors (Lipinski definition) is 3. The van der Waals surface area contributed by atoms with Crippen LogP contribution in [0.5, 0.6) is 5.75 Å². The van der Waals surface area contributed by atoms with Gasteiger partial charge in [-0.1, -0.05) is 15.9 Å². The number of halogens is 1. The molecule has 0 amide bonds. The maximum Gasteiger partial charge on any atom is 0.262 e. The van der Waals surface area contributed by atoms with E-state index in [1.165, 1.54) is 0 Å². The van der Waals surface area contributed by atoms with Crippen LogP contribution in [-0.2, 0) is 0 Å². The van der Waals surface area contributed by atoms with E-state index < -0.39 is 6.29 Å². The smallest absolute Gasteiger partial charge is 0.262 e. The summed E-state index contributed by atoms with van der Waals surface area (Å²) in [5, 5.41) is 9.02. The first-order chi connectivity index (χ1) is 5.68. The minimum Gasteiger partial charge on any atom is -0.456 e. The Morgan fingerprint density at radius 1 is 1.50 bits per heavy atom. The van der Waals surface area contributed by atoms with Crippen LogP contribution in [0.1, 0.15) is 10.4 Å². The molecule has 1 aromatic carbocycles. The van der Waals surface area contributed by atoms with Crippen LogP contribution < -0.4 is 4.74 Å². The molecule has 1 N–H and O–H groups in total. The van der Waals surface area contributed by atoms with Crippen molar-refractivity contribution in [3.05, 3.63) is 28.2 Å². The lowest BCUT2D eigenvalue weighted by molar-refractivity contribution is 0.00866. The Morgan fingerprint density at radius 2 is 2.25 bits per heavy atom. The van der Waals surface area contributed by atoms with Gasteiger partial charge >= 0.3 is 0 Å². The predicted molar refractivity (Wildman–Crippen MR) is 45.1 cm³/mol. The molecule has 0 spiro atoms. The molecule has 0 fully saturated rings. The molecule has 1 aromatic rings. The topological polar surface area (TPSA) is 46.5 Å². The first-order valence-corrected chi connectivity index (χ1v) is 4.16. The minimum absolute atomic E-state index is 0.383. The average molecular weight is 229 g/mol. The number of fused-ring (bicyclic) bond motifs is 1. The maximum absolute atomic E-state index is 11.2. The summed E-state index contributed by atoms with van der Waals surface area (Å²) in [6.07, 6.45) is -1.32. The molecule has 4 heteroatoms. The number of carbonyl (C=O) groups excluding carboxylic acids is 1. The molecular formula is C8H5BrO3. The van der Waals surface area contributed by atoms with Gasteiger partial charge in [0.2, 0.25) is 5.78 Å². The summed E-state index contributed by atoms with van der Waals surface area (Å²) in [5.41, 5.74) is 0.428. The zero-order valence-electron chi connectivity index (χ0n) is 5.95. The van der Waals surface area contributed by atoms with Crippen molar-refractivity contribution >= 4 is 21.7 Å². The van der Waals surface area contributed by atoms with Crippen LogP contribution in [-0.4, -0.2) is 17.2 Å². The Hall–Kier alpha value is -0.870. The monoisotopic (exact) mass is 228 g/mol. The molecule has 1 aliphatic rings. The van der Waals surface area contributed by atoms with E-state index in [0.29, 0.717) is 11.3 Å². The Kier molecular flexibility index (Phi) is 1.66. The van der Waals surface area contributed by atoms with E-state index in [2.05, 4.69) is 15.9 Å². The SMILES string of the molecule is O=C1c2cc(Br)ccc2OC1O. The number of aliphatic hydroxyl groups excluding tert-OH is 1. The molecular weight excluding hydrogens is 224 g/mol. The van der Waals surface area contributed by atoms with Gasteiger partial charge in [-0.2, -0.15) is 0 Å². The van der Waals surface area contributed by atoms with E-state index in [1.54, 1.807) is 18.2 Å². The third-order valence-corrected chi connectivity index (χ3v) is 2.16. The van der Waals surface area contributed by atoms with E-state index in [9.17, 15) is 4.79 Å². The Balaban J connectivity index is 2.56. The standard InChI is InChI=1S/C8H5BrO3/c9-4-1-2-6-5(3-4)7(10)8(11)12-6/h1-3,8,11H. The molecule has 0 radical (unpaired) electrons. The molecule has 3 nitrogen and oxygen atoms in total. The highest BCUT2D eigenvalue weighted by Gasteiger charge is 2.30. The number of carbonyl (C=O) groups is 1. The molecule has 0 bridgehead atoms. The zero-order valence-corrected chi connectivity index (χ0v) is 7.54. The van der Waals surface area contributed by atoms with Crippen molar-refractivity contribution in [1.29, 1.82) is 0 Å². The van der Waals surface area contributed by atoms with E-state index in [4.69, 9.17) is 9.84 Å². The lowest BCUT2D eigenvalue weighted by atomic mass is 10.1. The van der Waals surface area contributed by atoms with Crippen LogP contribution >= 0.6 is 15.9 Å². The van der Waals surface area contributed by atoms with Gasteiger partial charge in [0.25, 0.3) is 6.29 Å². The van der Waals surface area contributed by atoms with Crippen LogP contribution in [0.4, 0.5) is 0 Å². The second kappa shape index (κ2) is 2.57. The van der Waals surface area contributed by atoms with Gasteiger partial charge in [-0.15, -0.1) is 0 Å². The fourth-order valence-electron chi connectivity index (χ4n) is 1.10. The number of ketones is 1. The molecule has 1 atom stereocenters. The van der Waals surface area contributed by atoms with Crippen molar-refractivity contribution in [3.8, 4) is 5.75 Å². The molecule has 12 heavy (non-hydrogen) atoms. The number of Topliss-reactive ketones (excluding diaryl/α,β-unsaturated/α-hetero) is 1. The Bertz CT molecular complexity index is 348. The lowest BCUT2D eigenvalue weighted by Gasteiger charge is -1.98. The van der Waals surface area contributed by atoms with Gasteiger partial charge in [0.05, 0.1) is 5.56 Å². The van der Waals surface area contributed by atoms with Crippen LogP contribution in [0, 0.1) is 0 Å². The molecule has 1 aliphatic heterocycles. The van der Waals surface area contributed by atoms with Crippen LogP contribution in [0.3, 0.4) is 0 Å². The molecule has 0 aliphatic carbocycles. The fraction of sp³-hybridized carbons (Fsp3) is 0.125. The van der Waals surface area contributed by atoms with Gasteiger partial charge in [-0.25, -0.2) is 0 Å². The number of rotatable bonds is 0.